The number of aryl methyl sites for hydroxylation is 2. The topological polar surface area (TPSA) is 29.3 Å². The first kappa shape index (κ1) is 14.4. The van der Waals surface area contributed by atoms with Gasteiger partial charge in [-0.3, -0.25) is 0 Å². The highest BCUT2D eigenvalue weighted by atomic mass is 15.1. The molecule has 1 aliphatic rings. The highest BCUT2D eigenvalue weighted by Gasteiger charge is 2.31. The Hall–Kier alpha value is -1.02. The van der Waals surface area contributed by atoms with E-state index in [1.165, 1.54) is 48.9 Å². The number of hydrogen-bond donors (Lipinski definition) is 1. The van der Waals surface area contributed by atoms with E-state index in [4.69, 9.17) is 5.73 Å². The van der Waals surface area contributed by atoms with Crippen molar-refractivity contribution < 1.29 is 0 Å². The third-order valence-corrected chi connectivity index (χ3v) is 4.57. The largest absolute Gasteiger partial charge is 0.374 e. The van der Waals surface area contributed by atoms with Crippen molar-refractivity contribution in [2.75, 3.05) is 25.0 Å². The van der Waals surface area contributed by atoms with E-state index in [2.05, 4.69) is 44.0 Å². The molecule has 0 atom stereocenters. The molecule has 0 radical (unpaired) electrons. The summed E-state index contributed by atoms with van der Waals surface area (Å²) in [6.07, 6.45) is 6.65. The summed E-state index contributed by atoms with van der Waals surface area (Å²) in [6, 6.07) is 6.79. The van der Waals surface area contributed by atoms with Gasteiger partial charge in [-0.25, -0.2) is 0 Å². The third kappa shape index (κ3) is 3.50. The molecule has 2 rings (SSSR count). The molecule has 0 saturated heterocycles. The summed E-state index contributed by atoms with van der Waals surface area (Å²) in [5.41, 5.74) is 10.4. The van der Waals surface area contributed by atoms with Gasteiger partial charge in [0.05, 0.1) is 0 Å². The zero-order valence-corrected chi connectivity index (χ0v) is 12.7. The summed E-state index contributed by atoms with van der Waals surface area (Å²) in [6.45, 7) is 6.25. The van der Waals surface area contributed by atoms with Crippen LogP contribution in [0.15, 0.2) is 18.2 Å². The van der Waals surface area contributed by atoms with E-state index in [9.17, 15) is 0 Å². The molecule has 0 aromatic heterocycles. The lowest BCUT2D eigenvalue weighted by Gasteiger charge is -2.40. The first-order valence-corrected chi connectivity index (χ1v) is 7.54. The molecule has 0 heterocycles. The van der Waals surface area contributed by atoms with Crippen LogP contribution in [0.5, 0.6) is 0 Å². The van der Waals surface area contributed by atoms with E-state index in [1.54, 1.807) is 0 Å². The molecule has 1 aromatic carbocycles. The van der Waals surface area contributed by atoms with Crippen molar-refractivity contribution in [1.29, 1.82) is 0 Å². The molecule has 19 heavy (non-hydrogen) atoms. The molecular formula is C17H28N2. The van der Waals surface area contributed by atoms with Gasteiger partial charge in [-0.15, -0.1) is 0 Å². The Labute approximate surface area is 118 Å². The molecular weight excluding hydrogens is 232 g/mol. The number of nitrogens with two attached hydrogens (primary N) is 1. The lowest BCUT2D eigenvalue weighted by Crippen LogP contribution is -2.42. The second-order valence-electron chi connectivity index (χ2n) is 6.47. The van der Waals surface area contributed by atoms with Gasteiger partial charge in [-0.1, -0.05) is 25.3 Å². The van der Waals surface area contributed by atoms with Crippen LogP contribution in [0.3, 0.4) is 0 Å². The van der Waals surface area contributed by atoms with Gasteiger partial charge in [0.25, 0.3) is 0 Å². The van der Waals surface area contributed by atoms with Gasteiger partial charge in [0, 0.05) is 24.7 Å². The predicted molar refractivity (Wildman–Crippen MR) is 83.8 cm³/mol. The Bertz CT molecular complexity index is 399. The molecule has 1 aromatic rings. The highest BCUT2D eigenvalue weighted by molar-refractivity contribution is 5.50. The Morgan fingerprint density at radius 1 is 1.05 bits per heavy atom. The summed E-state index contributed by atoms with van der Waals surface area (Å²) < 4.78 is 0. The highest BCUT2D eigenvalue weighted by Crippen LogP contribution is 2.36. The molecule has 0 aliphatic heterocycles. The summed E-state index contributed by atoms with van der Waals surface area (Å²) in [7, 11) is 2.21. The van der Waals surface area contributed by atoms with Crippen molar-refractivity contribution >= 4 is 5.69 Å². The molecule has 1 saturated carbocycles. The van der Waals surface area contributed by atoms with E-state index in [0.717, 1.165) is 13.1 Å². The zero-order valence-electron chi connectivity index (χ0n) is 12.7. The van der Waals surface area contributed by atoms with Crippen molar-refractivity contribution in [1.82, 2.24) is 0 Å². The van der Waals surface area contributed by atoms with E-state index in [1.807, 2.05) is 0 Å². The fraction of sp³-hybridized carbons (Fsp3) is 0.647. The average molecular weight is 260 g/mol. The molecule has 106 valence electrons. The van der Waals surface area contributed by atoms with Gasteiger partial charge in [0.2, 0.25) is 0 Å². The minimum Gasteiger partial charge on any atom is -0.374 e. The lowest BCUT2D eigenvalue weighted by molar-refractivity contribution is 0.206. The molecule has 2 nitrogen and oxygen atoms in total. The normalized spacial score (nSPS) is 18.3. The maximum Gasteiger partial charge on any atom is 0.0369 e. The third-order valence-electron chi connectivity index (χ3n) is 4.57. The maximum absolute atomic E-state index is 6.10. The van der Waals surface area contributed by atoms with Crippen LogP contribution in [0.1, 0.15) is 43.2 Å². The minimum atomic E-state index is 0.338. The second kappa shape index (κ2) is 5.96. The summed E-state index contributed by atoms with van der Waals surface area (Å²) in [5.74, 6) is 0. The molecule has 1 aliphatic carbocycles. The number of nitrogens with zero attached hydrogens (tertiary/aromatic N) is 1. The van der Waals surface area contributed by atoms with Gasteiger partial charge >= 0.3 is 0 Å². The Morgan fingerprint density at radius 3 is 2.16 bits per heavy atom. The smallest absolute Gasteiger partial charge is 0.0369 e. The van der Waals surface area contributed by atoms with Crippen LogP contribution < -0.4 is 10.6 Å². The van der Waals surface area contributed by atoms with Crippen LogP contribution in [0, 0.1) is 19.3 Å². The van der Waals surface area contributed by atoms with Crippen LogP contribution in [-0.4, -0.2) is 20.1 Å². The first-order chi connectivity index (χ1) is 9.04. The maximum atomic E-state index is 6.10. The van der Waals surface area contributed by atoms with E-state index >= 15 is 0 Å². The van der Waals surface area contributed by atoms with Crippen molar-refractivity contribution in [3.63, 3.8) is 0 Å². The number of anilines is 1. The molecule has 0 bridgehead atoms. The Balaban J connectivity index is 2.12. The summed E-state index contributed by atoms with van der Waals surface area (Å²) >= 11 is 0. The monoisotopic (exact) mass is 260 g/mol. The van der Waals surface area contributed by atoms with Crippen LogP contribution in [0.4, 0.5) is 5.69 Å². The minimum absolute atomic E-state index is 0.338. The molecule has 0 spiro atoms. The summed E-state index contributed by atoms with van der Waals surface area (Å²) in [4.78, 5) is 2.40. The lowest BCUT2D eigenvalue weighted by atomic mass is 9.73. The van der Waals surface area contributed by atoms with Gasteiger partial charge in [0.15, 0.2) is 0 Å². The van der Waals surface area contributed by atoms with Crippen LogP contribution in [0.25, 0.3) is 0 Å². The van der Waals surface area contributed by atoms with Gasteiger partial charge in [-0.05, 0) is 56.5 Å². The molecule has 0 amide bonds. The van der Waals surface area contributed by atoms with E-state index < -0.39 is 0 Å². The zero-order chi connectivity index (χ0) is 13.9. The van der Waals surface area contributed by atoms with Gasteiger partial charge in [0.1, 0.15) is 0 Å². The number of rotatable bonds is 4. The predicted octanol–water partition coefficient (Wildman–Crippen LogP) is 3.65. The Kier molecular flexibility index (Phi) is 4.51. The first-order valence-electron chi connectivity index (χ1n) is 7.54. The van der Waals surface area contributed by atoms with Gasteiger partial charge in [-0.2, -0.15) is 0 Å². The van der Waals surface area contributed by atoms with Crippen molar-refractivity contribution in [2.24, 2.45) is 11.1 Å². The second-order valence-corrected chi connectivity index (χ2v) is 6.47. The van der Waals surface area contributed by atoms with Crippen molar-refractivity contribution in [3.8, 4) is 0 Å². The van der Waals surface area contributed by atoms with E-state index in [-0.39, 0.29) is 0 Å². The summed E-state index contributed by atoms with van der Waals surface area (Å²) in [5, 5.41) is 0. The van der Waals surface area contributed by atoms with Crippen LogP contribution >= 0.6 is 0 Å². The van der Waals surface area contributed by atoms with Crippen molar-refractivity contribution in [2.45, 2.75) is 46.0 Å². The van der Waals surface area contributed by atoms with Crippen molar-refractivity contribution in [3.05, 3.63) is 29.3 Å². The number of benzene rings is 1. The SMILES string of the molecule is Cc1cc(C)cc(N(C)CC2(CN)CCCCC2)c1. The fourth-order valence-electron chi connectivity index (χ4n) is 3.49. The Morgan fingerprint density at radius 2 is 1.63 bits per heavy atom. The quantitative estimate of drug-likeness (QED) is 0.895. The average Bonchev–Trinajstić information content (AvgIpc) is 2.38. The van der Waals surface area contributed by atoms with Crippen LogP contribution in [0.2, 0.25) is 0 Å². The number of hydrogen-bond acceptors (Lipinski definition) is 2. The fourth-order valence-corrected chi connectivity index (χ4v) is 3.49. The molecule has 1 fully saturated rings. The van der Waals surface area contributed by atoms with E-state index in [0.29, 0.717) is 5.41 Å². The van der Waals surface area contributed by atoms with Gasteiger partial charge < -0.3 is 10.6 Å². The van der Waals surface area contributed by atoms with Crippen LogP contribution in [-0.2, 0) is 0 Å². The molecule has 0 unspecified atom stereocenters. The molecule has 2 heteroatoms. The standard InChI is InChI=1S/C17H28N2/c1-14-9-15(2)11-16(10-14)19(3)13-17(12-18)7-5-4-6-8-17/h9-11H,4-8,12-13,18H2,1-3H3. The molecule has 2 N–H and O–H groups in total.